The van der Waals surface area contributed by atoms with Crippen LogP contribution < -0.4 is 24.4 Å². The predicted octanol–water partition coefficient (Wildman–Crippen LogP) is 4.47. The van der Waals surface area contributed by atoms with E-state index in [-0.39, 0.29) is 17.4 Å². The summed E-state index contributed by atoms with van der Waals surface area (Å²) in [6.45, 7) is 10.3. The average molecular weight is 551 g/mol. The third kappa shape index (κ3) is 6.25. The first-order valence-electron chi connectivity index (χ1n) is 13.2. The van der Waals surface area contributed by atoms with Crippen molar-refractivity contribution in [3.05, 3.63) is 84.5 Å². The summed E-state index contributed by atoms with van der Waals surface area (Å²) >= 11 is 1.24. The second-order valence-corrected chi connectivity index (χ2v) is 10.5. The SMILES string of the molecule is CCCCOc1ccc(C2C(C(=O)OC(C)C)=C(C)N=c3sc(=Cc4ccc(O)c(OCC)c4)c(=O)n32)cc1. The Labute approximate surface area is 231 Å². The van der Waals surface area contributed by atoms with Crippen LogP contribution in [0.1, 0.15) is 64.6 Å². The first kappa shape index (κ1) is 28.2. The van der Waals surface area contributed by atoms with Gasteiger partial charge in [0.05, 0.1) is 41.2 Å². The van der Waals surface area contributed by atoms with Crippen molar-refractivity contribution >= 4 is 23.4 Å². The molecule has 0 spiro atoms. The molecule has 39 heavy (non-hydrogen) atoms. The number of benzene rings is 2. The molecule has 2 heterocycles. The molecule has 0 bridgehead atoms. The van der Waals surface area contributed by atoms with Gasteiger partial charge in [0, 0.05) is 0 Å². The van der Waals surface area contributed by atoms with Crippen LogP contribution in [0, 0.1) is 0 Å². The number of aromatic nitrogens is 1. The molecule has 0 saturated carbocycles. The van der Waals surface area contributed by atoms with Gasteiger partial charge >= 0.3 is 5.97 Å². The van der Waals surface area contributed by atoms with Crippen LogP contribution in [-0.2, 0) is 9.53 Å². The molecule has 1 unspecified atom stereocenters. The first-order chi connectivity index (χ1) is 18.7. The Morgan fingerprint density at radius 2 is 1.90 bits per heavy atom. The van der Waals surface area contributed by atoms with E-state index in [1.165, 1.54) is 17.4 Å². The molecule has 1 aliphatic heterocycles. The zero-order valence-electron chi connectivity index (χ0n) is 22.9. The molecule has 206 valence electrons. The number of aromatic hydroxyl groups is 1. The lowest BCUT2D eigenvalue weighted by Crippen LogP contribution is -2.40. The van der Waals surface area contributed by atoms with Gasteiger partial charge in [0.25, 0.3) is 5.56 Å². The van der Waals surface area contributed by atoms with Crippen molar-refractivity contribution in [3.8, 4) is 17.2 Å². The van der Waals surface area contributed by atoms with Crippen LogP contribution in [0.5, 0.6) is 17.2 Å². The smallest absolute Gasteiger partial charge is 0.338 e. The van der Waals surface area contributed by atoms with E-state index in [1.54, 1.807) is 43.5 Å². The molecule has 0 saturated heterocycles. The van der Waals surface area contributed by atoms with Gasteiger partial charge < -0.3 is 19.3 Å². The summed E-state index contributed by atoms with van der Waals surface area (Å²) in [7, 11) is 0. The molecule has 4 rings (SSSR count). The van der Waals surface area contributed by atoms with Gasteiger partial charge in [0.15, 0.2) is 16.3 Å². The van der Waals surface area contributed by atoms with Crippen molar-refractivity contribution < 1.29 is 24.1 Å². The second-order valence-electron chi connectivity index (χ2n) is 9.47. The number of phenols is 1. The zero-order valence-corrected chi connectivity index (χ0v) is 23.7. The van der Waals surface area contributed by atoms with E-state index < -0.39 is 12.0 Å². The summed E-state index contributed by atoms with van der Waals surface area (Å²) in [5, 5.41) is 10.1. The molecule has 9 heteroatoms. The summed E-state index contributed by atoms with van der Waals surface area (Å²) in [6.07, 6.45) is 3.40. The Morgan fingerprint density at radius 3 is 2.56 bits per heavy atom. The number of hydrogen-bond acceptors (Lipinski definition) is 8. The maximum atomic E-state index is 13.8. The molecule has 0 fully saturated rings. The Bertz CT molecular complexity index is 1550. The van der Waals surface area contributed by atoms with Crippen molar-refractivity contribution in [2.45, 2.75) is 59.6 Å². The zero-order chi connectivity index (χ0) is 28.1. The number of unbranched alkanes of at least 4 members (excludes halogenated alkanes) is 1. The number of phenolic OH excluding ortho intramolecular Hbond substituents is 1. The molecule has 8 nitrogen and oxygen atoms in total. The molecule has 3 aromatic rings. The fourth-order valence-corrected chi connectivity index (χ4v) is 5.35. The van der Waals surface area contributed by atoms with E-state index in [2.05, 4.69) is 11.9 Å². The summed E-state index contributed by atoms with van der Waals surface area (Å²) in [5.41, 5.74) is 2.00. The minimum absolute atomic E-state index is 0.0292. The maximum absolute atomic E-state index is 13.8. The molecule has 0 radical (unpaired) electrons. The monoisotopic (exact) mass is 550 g/mol. The van der Waals surface area contributed by atoms with E-state index in [1.807, 2.05) is 31.2 Å². The highest BCUT2D eigenvalue weighted by Crippen LogP contribution is 2.32. The summed E-state index contributed by atoms with van der Waals surface area (Å²) in [6, 6.07) is 11.7. The molecular weight excluding hydrogens is 516 g/mol. The number of esters is 1. The lowest BCUT2D eigenvalue weighted by molar-refractivity contribution is -0.143. The van der Waals surface area contributed by atoms with Crippen molar-refractivity contribution in [1.29, 1.82) is 0 Å². The number of nitrogens with zero attached hydrogens (tertiary/aromatic N) is 2. The Hall–Kier alpha value is -3.85. The van der Waals surface area contributed by atoms with Gasteiger partial charge in [-0.2, -0.15) is 0 Å². The van der Waals surface area contributed by atoms with Gasteiger partial charge in [-0.3, -0.25) is 9.36 Å². The maximum Gasteiger partial charge on any atom is 0.338 e. The number of thiazole rings is 1. The number of fused-ring (bicyclic) bond motifs is 1. The van der Waals surface area contributed by atoms with Crippen LogP contribution in [0.3, 0.4) is 0 Å². The Balaban J connectivity index is 1.83. The molecule has 2 aromatic carbocycles. The Kier molecular flexibility index (Phi) is 8.91. The van der Waals surface area contributed by atoms with Crippen LogP contribution in [0.15, 0.2) is 63.5 Å². The normalized spacial score (nSPS) is 15.2. The largest absolute Gasteiger partial charge is 0.504 e. The molecular formula is C30H34N2O6S. The van der Waals surface area contributed by atoms with Gasteiger partial charge in [-0.15, -0.1) is 0 Å². The topological polar surface area (TPSA) is 99.4 Å². The highest BCUT2D eigenvalue weighted by Gasteiger charge is 2.33. The molecule has 1 N–H and O–H groups in total. The number of ether oxygens (including phenoxy) is 3. The van der Waals surface area contributed by atoms with Gasteiger partial charge in [-0.05, 0) is 75.6 Å². The number of hydrogen-bond donors (Lipinski definition) is 1. The highest BCUT2D eigenvalue weighted by molar-refractivity contribution is 7.07. The summed E-state index contributed by atoms with van der Waals surface area (Å²) < 4.78 is 18.9. The van der Waals surface area contributed by atoms with E-state index in [0.29, 0.717) is 45.1 Å². The standard InChI is InChI=1S/C30H34N2O6S/c1-6-8-15-37-22-12-10-21(11-13-22)27-26(29(35)38-18(3)4)19(5)31-30-32(27)28(34)25(39-30)17-20-9-14-23(33)24(16-20)36-7-2/h9-14,16-18,27,33H,6-8,15H2,1-5H3. The van der Waals surface area contributed by atoms with Gasteiger partial charge in [0.1, 0.15) is 5.75 Å². The quantitative estimate of drug-likeness (QED) is 0.295. The molecule has 1 aliphatic rings. The molecule has 1 aromatic heterocycles. The van der Waals surface area contributed by atoms with Crippen molar-refractivity contribution in [1.82, 2.24) is 4.57 Å². The predicted molar refractivity (Wildman–Crippen MR) is 151 cm³/mol. The average Bonchev–Trinajstić information content (AvgIpc) is 3.19. The van der Waals surface area contributed by atoms with Crippen LogP contribution in [0.2, 0.25) is 0 Å². The van der Waals surface area contributed by atoms with Gasteiger partial charge in [-0.1, -0.05) is 42.9 Å². The summed E-state index contributed by atoms with van der Waals surface area (Å²) in [5.74, 6) is 0.590. The number of rotatable bonds is 10. The number of carbonyl (C=O) groups excluding carboxylic acids is 1. The van der Waals surface area contributed by atoms with Crippen LogP contribution in [0.4, 0.5) is 0 Å². The second kappa shape index (κ2) is 12.3. The van der Waals surface area contributed by atoms with Crippen molar-refractivity contribution in [2.24, 2.45) is 4.99 Å². The minimum atomic E-state index is -0.710. The van der Waals surface area contributed by atoms with E-state index >= 15 is 0 Å². The third-order valence-corrected chi connectivity index (χ3v) is 7.11. The van der Waals surface area contributed by atoms with Crippen molar-refractivity contribution in [2.75, 3.05) is 13.2 Å². The number of carbonyl (C=O) groups is 1. The third-order valence-electron chi connectivity index (χ3n) is 6.13. The van der Waals surface area contributed by atoms with Gasteiger partial charge in [0.2, 0.25) is 0 Å². The van der Waals surface area contributed by atoms with Gasteiger partial charge in [-0.25, -0.2) is 9.79 Å². The first-order valence-corrected chi connectivity index (χ1v) is 14.0. The number of allylic oxidation sites excluding steroid dienone is 1. The van der Waals surface area contributed by atoms with Crippen molar-refractivity contribution in [3.63, 3.8) is 0 Å². The van der Waals surface area contributed by atoms with E-state index in [9.17, 15) is 14.7 Å². The fourth-order valence-electron chi connectivity index (χ4n) is 4.30. The lowest BCUT2D eigenvalue weighted by atomic mass is 9.96. The minimum Gasteiger partial charge on any atom is -0.504 e. The molecule has 0 aliphatic carbocycles. The molecule has 1 atom stereocenters. The molecule has 0 amide bonds. The van der Waals surface area contributed by atoms with Crippen LogP contribution in [0.25, 0.3) is 6.08 Å². The van der Waals surface area contributed by atoms with Crippen LogP contribution in [-0.4, -0.2) is 35.0 Å². The summed E-state index contributed by atoms with van der Waals surface area (Å²) in [4.78, 5) is 32.2. The lowest BCUT2D eigenvalue weighted by Gasteiger charge is -2.25. The Morgan fingerprint density at radius 1 is 1.15 bits per heavy atom. The van der Waals surface area contributed by atoms with E-state index in [4.69, 9.17) is 14.2 Å². The highest BCUT2D eigenvalue weighted by atomic mass is 32.1. The van der Waals surface area contributed by atoms with E-state index in [0.717, 1.165) is 24.2 Å². The fraction of sp³-hybridized carbons (Fsp3) is 0.367. The van der Waals surface area contributed by atoms with Crippen LogP contribution >= 0.6 is 11.3 Å².